The number of carbonyl (C=O) groups excluding carboxylic acids is 1. The third-order valence-electron chi connectivity index (χ3n) is 10.0. The van der Waals surface area contributed by atoms with Crippen LogP contribution in [0.1, 0.15) is 174 Å². The van der Waals surface area contributed by atoms with Gasteiger partial charge in [-0.05, 0) is 24.5 Å². The van der Waals surface area contributed by atoms with Crippen molar-refractivity contribution < 1.29 is 24.2 Å². The average Bonchev–Trinajstić information content (AvgIpc) is 3.54. The lowest BCUT2D eigenvalue weighted by Crippen LogP contribution is -2.49. The molecule has 4 N–H and O–H groups in total. The third kappa shape index (κ3) is 22.9. The van der Waals surface area contributed by atoms with Crippen LogP contribution in [0.5, 0.6) is 0 Å². The number of aromatic amines is 1. The van der Waals surface area contributed by atoms with E-state index in [4.69, 9.17) is 9.47 Å². The molecule has 0 bridgehead atoms. The Hall–Kier alpha value is -2.58. The molecular weight excluding hydrogens is 638 g/mol. The maximum Gasteiger partial charge on any atom is 0.405 e. The fourth-order valence-electron chi connectivity index (χ4n) is 6.84. The molecule has 0 saturated heterocycles. The number of carbonyl (C=O) groups is 2. The molecular formula is C43H75N3O5. The number of rotatable bonds is 35. The Morgan fingerprint density at radius 2 is 1.18 bits per heavy atom. The van der Waals surface area contributed by atoms with Crippen LogP contribution < -0.4 is 10.6 Å². The van der Waals surface area contributed by atoms with Gasteiger partial charge in [-0.15, -0.1) is 0 Å². The Morgan fingerprint density at radius 1 is 0.686 bits per heavy atom. The number of unbranched alkanes of at least 4 members (excludes halogenated alkanes) is 22. The zero-order valence-electron chi connectivity index (χ0n) is 32.6. The normalized spacial score (nSPS) is 12.7. The van der Waals surface area contributed by atoms with Crippen LogP contribution in [-0.4, -0.2) is 60.6 Å². The predicted octanol–water partition coefficient (Wildman–Crippen LogP) is 11.3. The zero-order valence-corrected chi connectivity index (χ0v) is 32.6. The number of carboxylic acid groups (broad SMARTS) is 1. The molecule has 1 unspecified atom stereocenters. The molecule has 0 radical (unpaired) electrons. The van der Waals surface area contributed by atoms with Gasteiger partial charge in [0.1, 0.15) is 6.04 Å². The van der Waals surface area contributed by atoms with Gasteiger partial charge in [0, 0.05) is 43.3 Å². The summed E-state index contributed by atoms with van der Waals surface area (Å²) in [6, 6.07) is 6.91. The highest BCUT2D eigenvalue weighted by atomic mass is 16.5. The van der Waals surface area contributed by atoms with E-state index in [1.807, 2.05) is 30.5 Å². The molecule has 8 nitrogen and oxygen atoms in total. The molecule has 0 aliphatic heterocycles. The first-order chi connectivity index (χ1) is 25.0. The van der Waals surface area contributed by atoms with Gasteiger partial charge in [0.15, 0.2) is 0 Å². The second-order valence-corrected chi connectivity index (χ2v) is 14.7. The van der Waals surface area contributed by atoms with E-state index in [9.17, 15) is 14.7 Å². The van der Waals surface area contributed by atoms with Crippen LogP contribution in [0, 0.1) is 0 Å². The molecule has 292 valence electrons. The van der Waals surface area contributed by atoms with Gasteiger partial charge in [0.05, 0.1) is 12.7 Å². The summed E-state index contributed by atoms with van der Waals surface area (Å²) in [6.45, 7) is 6.55. The van der Waals surface area contributed by atoms with Gasteiger partial charge in [0.25, 0.3) is 0 Å². The van der Waals surface area contributed by atoms with Crippen LogP contribution in [0.2, 0.25) is 0 Å². The highest BCUT2D eigenvalue weighted by molar-refractivity contribution is 5.88. The lowest BCUT2D eigenvalue weighted by molar-refractivity contribution is -0.124. The molecule has 0 aliphatic carbocycles. The SMILES string of the molecule is CCCCCCCCCCCCCCOCC(CNC(=O)[C@@H](Cc1c[nH]c2ccccc12)NC(=O)O)OCCCCCCCCCCCCCC. The largest absolute Gasteiger partial charge is 0.465 e. The molecule has 2 atom stereocenters. The van der Waals surface area contributed by atoms with Crippen LogP contribution in [0.3, 0.4) is 0 Å². The molecule has 1 aromatic carbocycles. The Labute approximate surface area is 311 Å². The van der Waals surface area contributed by atoms with Crippen LogP contribution in [0.15, 0.2) is 30.5 Å². The predicted molar refractivity (Wildman–Crippen MR) is 213 cm³/mol. The second-order valence-electron chi connectivity index (χ2n) is 14.7. The molecule has 0 spiro atoms. The smallest absolute Gasteiger partial charge is 0.405 e. The quantitative estimate of drug-likeness (QED) is 0.0531. The number of benzene rings is 1. The Morgan fingerprint density at radius 3 is 1.71 bits per heavy atom. The van der Waals surface area contributed by atoms with Crippen LogP contribution in [0.25, 0.3) is 10.9 Å². The number of nitrogens with one attached hydrogen (secondary N) is 3. The molecule has 2 rings (SSSR count). The Bertz CT molecular complexity index is 1120. The van der Waals surface area contributed by atoms with E-state index in [1.165, 1.54) is 135 Å². The summed E-state index contributed by atoms with van der Waals surface area (Å²) in [6.07, 6.45) is 31.8. The first-order valence-electron chi connectivity index (χ1n) is 21.1. The fraction of sp³-hybridized carbons (Fsp3) is 0.767. The van der Waals surface area contributed by atoms with Crippen molar-refractivity contribution in [2.45, 2.75) is 187 Å². The highest BCUT2D eigenvalue weighted by Gasteiger charge is 2.23. The van der Waals surface area contributed by atoms with E-state index in [2.05, 4.69) is 29.5 Å². The summed E-state index contributed by atoms with van der Waals surface area (Å²) in [5, 5.41) is 15.9. The summed E-state index contributed by atoms with van der Waals surface area (Å²) in [5.74, 6) is -0.359. The minimum absolute atomic E-state index is 0.252. The molecule has 2 aromatic rings. The maximum atomic E-state index is 13.3. The molecule has 2 amide bonds. The van der Waals surface area contributed by atoms with Crippen molar-refractivity contribution in [2.75, 3.05) is 26.4 Å². The van der Waals surface area contributed by atoms with E-state index >= 15 is 0 Å². The van der Waals surface area contributed by atoms with Crippen molar-refractivity contribution in [3.8, 4) is 0 Å². The highest BCUT2D eigenvalue weighted by Crippen LogP contribution is 2.19. The number of hydrogen-bond donors (Lipinski definition) is 4. The van der Waals surface area contributed by atoms with Gasteiger partial charge < -0.3 is 30.2 Å². The summed E-state index contributed by atoms with van der Waals surface area (Å²) >= 11 is 0. The van der Waals surface area contributed by atoms with E-state index in [1.54, 1.807) is 0 Å². The standard InChI is InChI=1S/C43H75N3O5/c1-3-5-7-9-11-13-15-17-19-21-23-27-31-50-36-38(51-32-28-24-22-20-18-16-14-12-10-8-6-4-2)35-45-42(47)41(46-43(48)49)33-37-34-44-40-30-26-25-29-39(37)40/h25-26,29-30,34,38,41,44,46H,3-24,27-28,31-33,35-36H2,1-2H3,(H,45,47)(H,48,49)/t38?,41-/m1/s1. The molecule has 51 heavy (non-hydrogen) atoms. The fourth-order valence-corrected chi connectivity index (χ4v) is 6.84. The van der Waals surface area contributed by atoms with Crippen LogP contribution in [0.4, 0.5) is 4.79 Å². The Kier molecular flexibility index (Phi) is 27.1. The first-order valence-corrected chi connectivity index (χ1v) is 21.1. The van der Waals surface area contributed by atoms with Gasteiger partial charge in [0.2, 0.25) is 5.91 Å². The lowest BCUT2D eigenvalue weighted by Gasteiger charge is -2.21. The minimum atomic E-state index is -1.22. The molecule has 0 fully saturated rings. The molecule has 8 heteroatoms. The van der Waals surface area contributed by atoms with Crippen molar-refractivity contribution >= 4 is 22.9 Å². The van der Waals surface area contributed by atoms with Gasteiger partial charge in [-0.1, -0.05) is 173 Å². The number of amides is 2. The second kappa shape index (κ2) is 31.0. The van der Waals surface area contributed by atoms with Crippen LogP contribution in [-0.2, 0) is 20.7 Å². The van der Waals surface area contributed by atoms with Crippen molar-refractivity contribution in [3.63, 3.8) is 0 Å². The zero-order chi connectivity index (χ0) is 36.6. The molecule has 1 heterocycles. The van der Waals surface area contributed by atoms with Gasteiger partial charge >= 0.3 is 6.09 Å². The average molecular weight is 714 g/mol. The van der Waals surface area contributed by atoms with Crippen molar-refractivity contribution in [2.24, 2.45) is 0 Å². The molecule has 0 saturated carbocycles. The summed E-state index contributed by atoms with van der Waals surface area (Å²) in [7, 11) is 0. The van der Waals surface area contributed by atoms with Crippen molar-refractivity contribution in [3.05, 3.63) is 36.0 Å². The molecule has 0 aliphatic rings. The number of para-hydroxylation sites is 1. The molecule has 1 aromatic heterocycles. The number of hydrogen-bond acceptors (Lipinski definition) is 4. The van der Waals surface area contributed by atoms with E-state index < -0.39 is 12.1 Å². The number of ether oxygens (including phenoxy) is 2. The van der Waals surface area contributed by atoms with Crippen molar-refractivity contribution in [1.29, 1.82) is 0 Å². The number of H-pyrrole nitrogens is 1. The summed E-state index contributed by atoms with van der Waals surface area (Å²) in [4.78, 5) is 28.1. The topological polar surface area (TPSA) is 113 Å². The van der Waals surface area contributed by atoms with E-state index in [0.29, 0.717) is 19.8 Å². The summed E-state index contributed by atoms with van der Waals surface area (Å²) in [5.41, 5.74) is 1.85. The van der Waals surface area contributed by atoms with Gasteiger partial charge in [-0.2, -0.15) is 0 Å². The van der Waals surface area contributed by atoms with Gasteiger partial charge in [-0.25, -0.2) is 4.79 Å². The third-order valence-corrected chi connectivity index (χ3v) is 10.0. The van der Waals surface area contributed by atoms with Crippen molar-refractivity contribution in [1.82, 2.24) is 15.6 Å². The first kappa shape index (κ1) is 44.6. The van der Waals surface area contributed by atoms with Crippen LogP contribution >= 0.6 is 0 Å². The Balaban J connectivity index is 1.72. The minimum Gasteiger partial charge on any atom is -0.465 e. The lowest BCUT2D eigenvalue weighted by atomic mass is 10.0. The maximum absolute atomic E-state index is 13.3. The monoisotopic (exact) mass is 714 g/mol. The summed E-state index contributed by atoms with van der Waals surface area (Å²) < 4.78 is 12.3. The van der Waals surface area contributed by atoms with E-state index in [-0.39, 0.29) is 25.0 Å². The van der Waals surface area contributed by atoms with Gasteiger partial charge in [-0.3, -0.25) is 4.79 Å². The van der Waals surface area contributed by atoms with E-state index in [0.717, 1.165) is 35.7 Å². The number of fused-ring (bicyclic) bond motifs is 1. The number of aromatic nitrogens is 1.